The largest absolute Gasteiger partial charge is 0.497 e. The van der Waals surface area contributed by atoms with Crippen molar-refractivity contribution in [3.05, 3.63) is 88.7 Å². The molecule has 0 amide bonds. The van der Waals surface area contributed by atoms with Crippen molar-refractivity contribution in [1.82, 2.24) is 9.55 Å². The summed E-state index contributed by atoms with van der Waals surface area (Å²) >= 11 is 0. The molecular formula is C27H28N2O3. The molecule has 0 aliphatic heterocycles. The van der Waals surface area contributed by atoms with E-state index in [1.54, 1.807) is 11.7 Å². The highest BCUT2D eigenvalue weighted by Crippen LogP contribution is 2.25. The Hall–Kier alpha value is -3.60. The van der Waals surface area contributed by atoms with Gasteiger partial charge in [-0.3, -0.25) is 9.36 Å². The van der Waals surface area contributed by atoms with Gasteiger partial charge in [0, 0.05) is 5.56 Å². The first-order valence-electron chi connectivity index (χ1n) is 10.7. The monoisotopic (exact) mass is 428 g/mol. The molecule has 0 N–H and O–H groups in total. The standard InChI is InChI=1S/C27H28N2O3/c1-27(2,3)20-11-15-22(16-12-20)32-18-17-29-25(19-9-13-21(31-4)14-10-19)28-24-8-6-5-7-23(24)26(29)30/h5-16H,17-18H2,1-4H3. The summed E-state index contributed by atoms with van der Waals surface area (Å²) in [5.41, 5.74) is 2.80. The molecule has 1 heterocycles. The van der Waals surface area contributed by atoms with E-state index < -0.39 is 0 Å². The van der Waals surface area contributed by atoms with Crippen LogP contribution in [-0.2, 0) is 12.0 Å². The van der Waals surface area contributed by atoms with Crippen molar-refractivity contribution < 1.29 is 9.47 Å². The minimum Gasteiger partial charge on any atom is -0.497 e. The Labute approximate surface area is 188 Å². The molecule has 32 heavy (non-hydrogen) atoms. The van der Waals surface area contributed by atoms with Crippen LogP contribution in [0, 0.1) is 0 Å². The van der Waals surface area contributed by atoms with E-state index in [-0.39, 0.29) is 11.0 Å². The van der Waals surface area contributed by atoms with Crippen molar-refractivity contribution >= 4 is 10.9 Å². The van der Waals surface area contributed by atoms with E-state index in [1.807, 2.05) is 60.7 Å². The summed E-state index contributed by atoms with van der Waals surface area (Å²) in [5, 5.41) is 0.597. The third kappa shape index (κ3) is 4.52. The maximum absolute atomic E-state index is 13.3. The molecule has 4 rings (SSSR count). The second kappa shape index (κ2) is 8.87. The fourth-order valence-electron chi connectivity index (χ4n) is 3.64. The molecular weight excluding hydrogens is 400 g/mol. The van der Waals surface area contributed by atoms with E-state index in [4.69, 9.17) is 14.5 Å². The number of benzene rings is 3. The van der Waals surface area contributed by atoms with Crippen LogP contribution in [0.5, 0.6) is 11.5 Å². The first kappa shape index (κ1) is 21.6. The van der Waals surface area contributed by atoms with E-state index in [1.165, 1.54) is 5.56 Å². The van der Waals surface area contributed by atoms with Gasteiger partial charge in [0.1, 0.15) is 23.9 Å². The van der Waals surface area contributed by atoms with Gasteiger partial charge in [0.2, 0.25) is 0 Å². The second-order valence-electron chi connectivity index (χ2n) is 8.76. The highest BCUT2D eigenvalue weighted by Gasteiger charge is 2.14. The van der Waals surface area contributed by atoms with Gasteiger partial charge >= 0.3 is 0 Å². The number of ether oxygens (including phenoxy) is 2. The highest BCUT2D eigenvalue weighted by atomic mass is 16.5. The lowest BCUT2D eigenvalue weighted by molar-refractivity contribution is 0.296. The molecule has 0 fully saturated rings. The molecule has 0 unspecified atom stereocenters. The summed E-state index contributed by atoms with van der Waals surface area (Å²) < 4.78 is 12.9. The number of hydrogen-bond acceptors (Lipinski definition) is 4. The Bertz CT molecular complexity index is 1270. The van der Waals surface area contributed by atoms with Crippen LogP contribution < -0.4 is 15.0 Å². The summed E-state index contributed by atoms with van der Waals surface area (Å²) in [6.07, 6.45) is 0. The van der Waals surface area contributed by atoms with Gasteiger partial charge < -0.3 is 9.47 Å². The van der Waals surface area contributed by atoms with Crippen LogP contribution >= 0.6 is 0 Å². The molecule has 3 aromatic carbocycles. The minimum absolute atomic E-state index is 0.0758. The topological polar surface area (TPSA) is 53.3 Å². The third-order valence-electron chi connectivity index (χ3n) is 5.51. The lowest BCUT2D eigenvalue weighted by Gasteiger charge is -2.19. The van der Waals surface area contributed by atoms with E-state index in [0.29, 0.717) is 29.9 Å². The number of aromatic nitrogens is 2. The van der Waals surface area contributed by atoms with Gasteiger partial charge in [-0.25, -0.2) is 4.98 Å². The molecule has 0 bridgehead atoms. The van der Waals surface area contributed by atoms with Crippen LogP contribution in [0.4, 0.5) is 0 Å². The average Bonchev–Trinajstić information content (AvgIpc) is 2.80. The number of fused-ring (bicyclic) bond motifs is 1. The van der Waals surface area contributed by atoms with Gasteiger partial charge in [-0.2, -0.15) is 0 Å². The predicted molar refractivity (Wildman–Crippen MR) is 129 cm³/mol. The molecule has 0 spiro atoms. The summed E-state index contributed by atoms with van der Waals surface area (Å²) in [7, 11) is 1.63. The first-order valence-corrected chi connectivity index (χ1v) is 10.7. The molecule has 1 aromatic heterocycles. The van der Waals surface area contributed by atoms with Gasteiger partial charge in [0.25, 0.3) is 5.56 Å². The lowest BCUT2D eigenvalue weighted by atomic mass is 9.87. The molecule has 0 aliphatic rings. The number of nitrogens with zero attached hydrogens (tertiary/aromatic N) is 2. The van der Waals surface area contributed by atoms with Crippen LogP contribution in [0.3, 0.4) is 0 Å². The predicted octanol–water partition coefficient (Wildman–Crippen LogP) is 5.45. The Morgan fingerprint density at radius 2 is 1.53 bits per heavy atom. The quantitative estimate of drug-likeness (QED) is 0.410. The number of hydrogen-bond donors (Lipinski definition) is 0. The van der Waals surface area contributed by atoms with Crippen LogP contribution in [0.15, 0.2) is 77.6 Å². The Morgan fingerprint density at radius 1 is 0.875 bits per heavy atom. The van der Waals surface area contributed by atoms with Gasteiger partial charge in [-0.05, 0) is 59.5 Å². The second-order valence-corrected chi connectivity index (χ2v) is 8.76. The van der Waals surface area contributed by atoms with Crippen molar-refractivity contribution in [3.8, 4) is 22.9 Å². The molecule has 5 nitrogen and oxygen atoms in total. The maximum atomic E-state index is 13.3. The molecule has 0 atom stereocenters. The van der Waals surface area contributed by atoms with Crippen molar-refractivity contribution in [3.63, 3.8) is 0 Å². The smallest absolute Gasteiger partial charge is 0.261 e. The van der Waals surface area contributed by atoms with Crippen LogP contribution in [0.2, 0.25) is 0 Å². The number of methoxy groups -OCH3 is 1. The maximum Gasteiger partial charge on any atom is 0.261 e. The van der Waals surface area contributed by atoms with E-state index >= 15 is 0 Å². The molecule has 164 valence electrons. The molecule has 0 radical (unpaired) electrons. The summed E-state index contributed by atoms with van der Waals surface area (Å²) in [6.45, 7) is 7.30. The number of para-hydroxylation sites is 1. The molecule has 0 saturated heterocycles. The average molecular weight is 429 g/mol. The van der Waals surface area contributed by atoms with E-state index in [0.717, 1.165) is 17.1 Å². The molecule has 5 heteroatoms. The summed E-state index contributed by atoms with van der Waals surface area (Å²) in [4.78, 5) is 18.1. The van der Waals surface area contributed by atoms with Gasteiger partial charge in [0.15, 0.2) is 0 Å². The zero-order valence-electron chi connectivity index (χ0n) is 19.0. The van der Waals surface area contributed by atoms with E-state index in [2.05, 4.69) is 32.9 Å². The summed E-state index contributed by atoms with van der Waals surface area (Å²) in [6, 6.07) is 23.1. The Morgan fingerprint density at radius 3 is 2.19 bits per heavy atom. The Kier molecular flexibility index (Phi) is 5.99. The normalized spacial score (nSPS) is 11.5. The van der Waals surface area contributed by atoms with Crippen LogP contribution in [0.25, 0.3) is 22.3 Å². The van der Waals surface area contributed by atoms with Gasteiger partial charge in [-0.15, -0.1) is 0 Å². The van der Waals surface area contributed by atoms with Crippen LogP contribution in [0.1, 0.15) is 26.3 Å². The fraction of sp³-hybridized carbons (Fsp3) is 0.259. The SMILES string of the molecule is COc1ccc(-c2nc3ccccc3c(=O)n2CCOc2ccc(C(C)(C)C)cc2)cc1. The van der Waals surface area contributed by atoms with Crippen molar-refractivity contribution in [1.29, 1.82) is 0 Å². The van der Waals surface area contributed by atoms with Gasteiger partial charge in [0.05, 0.1) is 24.6 Å². The molecule has 4 aromatic rings. The number of rotatable bonds is 6. The third-order valence-corrected chi connectivity index (χ3v) is 5.51. The highest BCUT2D eigenvalue weighted by molar-refractivity contribution is 5.79. The van der Waals surface area contributed by atoms with Gasteiger partial charge in [-0.1, -0.05) is 45.0 Å². The molecule has 0 aliphatic carbocycles. The van der Waals surface area contributed by atoms with Crippen molar-refractivity contribution in [2.45, 2.75) is 32.7 Å². The molecule has 0 saturated carbocycles. The van der Waals surface area contributed by atoms with Crippen molar-refractivity contribution in [2.24, 2.45) is 0 Å². The van der Waals surface area contributed by atoms with Crippen molar-refractivity contribution in [2.75, 3.05) is 13.7 Å². The fourth-order valence-corrected chi connectivity index (χ4v) is 3.64. The van der Waals surface area contributed by atoms with Crippen LogP contribution in [-0.4, -0.2) is 23.3 Å². The Balaban J connectivity index is 1.63. The summed E-state index contributed by atoms with van der Waals surface area (Å²) in [5.74, 6) is 2.15. The lowest BCUT2D eigenvalue weighted by Crippen LogP contribution is -2.26. The minimum atomic E-state index is -0.0758. The zero-order valence-corrected chi connectivity index (χ0v) is 19.0. The van der Waals surface area contributed by atoms with E-state index in [9.17, 15) is 4.79 Å². The zero-order chi connectivity index (χ0) is 22.7. The first-order chi connectivity index (χ1) is 15.4.